The molecule has 2 aromatic heterocycles. The number of hydrogen-bond acceptors (Lipinski definition) is 3. The van der Waals surface area contributed by atoms with Crippen LogP contribution in [0, 0.1) is 12.3 Å². The van der Waals surface area contributed by atoms with Crippen LogP contribution in [-0.2, 0) is 13.1 Å². The Morgan fingerprint density at radius 2 is 1.65 bits per heavy atom. The molecule has 0 spiro atoms. The van der Waals surface area contributed by atoms with Gasteiger partial charge in [-0.15, -0.1) is 0 Å². The number of nitrogens with zero attached hydrogens (tertiary/aromatic N) is 2. The highest BCUT2D eigenvalue weighted by molar-refractivity contribution is 5.76. The summed E-state index contributed by atoms with van der Waals surface area (Å²) in [5.41, 5.74) is 4.62. The number of nitrogens with one attached hydrogen (secondary N) is 1. The molecule has 0 aliphatic heterocycles. The maximum absolute atomic E-state index is 10.5. The largest absolute Gasteiger partial charge is 0.467 e. The number of aliphatic hydroxyl groups is 1. The number of aryl methyl sites for hydroxylation is 1. The zero-order valence-corrected chi connectivity index (χ0v) is 14.6. The van der Waals surface area contributed by atoms with Gasteiger partial charge in [0.15, 0.2) is 0 Å². The lowest BCUT2D eigenvalue weighted by atomic mass is 10.1. The van der Waals surface area contributed by atoms with Crippen LogP contribution in [0.25, 0.3) is 11.0 Å². The molecule has 4 rings (SSSR count). The Morgan fingerprint density at radius 3 is 2.31 bits per heavy atom. The summed E-state index contributed by atoms with van der Waals surface area (Å²) in [4.78, 5) is 0. The van der Waals surface area contributed by atoms with E-state index in [1.165, 1.54) is 5.56 Å². The quantitative estimate of drug-likeness (QED) is 0.579. The predicted molar refractivity (Wildman–Crippen MR) is 99.7 cm³/mol. The molecule has 132 valence electrons. The molecular weight excluding hydrogens is 326 g/mol. The van der Waals surface area contributed by atoms with Gasteiger partial charge in [-0.1, -0.05) is 42.0 Å². The molecule has 4 aromatic rings. The van der Waals surface area contributed by atoms with E-state index in [-0.39, 0.29) is 6.54 Å². The maximum atomic E-state index is 10.5. The molecule has 2 aromatic carbocycles. The Bertz CT molecular complexity index is 1070. The standard InChI is InChI=1S/C21H21N3O2/c1-15-8-10-16(11-9-15)13-23-17-5-2-3-6-18(17)24(21(23)22)14-19(25)20-7-4-12-26-20/h2-12,19,22,25H,13-14H2,1H3/t19-/m0/s1. The van der Waals surface area contributed by atoms with Gasteiger partial charge in [-0.25, -0.2) is 0 Å². The molecule has 0 saturated carbocycles. The van der Waals surface area contributed by atoms with Gasteiger partial charge in [0.2, 0.25) is 5.62 Å². The minimum absolute atomic E-state index is 0.272. The molecule has 5 heteroatoms. The van der Waals surface area contributed by atoms with E-state index in [9.17, 15) is 5.11 Å². The van der Waals surface area contributed by atoms with E-state index in [1.54, 1.807) is 18.4 Å². The van der Waals surface area contributed by atoms with Crippen LogP contribution in [-0.4, -0.2) is 14.2 Å². The predicted octanol–water partition coefficient (Wildman–Crippen LogP) is 3.61. The van der Waals surface area contributed by atoms with Gasteiger partial charge < -0.3 is 18.7 Å². The molecular formula is C21H21N3O2. The van der Waals surface area contributed by atoms with E-state index < -0.39 is 6.10 Å². The zero-order valence-electron chi connectivity index (χ0n) is 14.6. The van der Waals surface area contributed by atoms with E-state index in [1.807, 2.05) is 33.4 Å². The number of imidazole rings is 1. The molecule has 0 bridgehead atoms. The average molecular weight is 347 g/mol. The van der Waals surface area contributed by atoms with Gasteiger partial charge in [0.05, 0.1) is 30.4 Å². The van der Waals surface area contributed by atoms with Crippen molar-refractivity contribution >= 4 is 11.0 Å². The van der Waals surface area contributed by atoms with Crippen molar-refractivity contribution in [2.24, 2.45) is 0 Å². The number of aromatic nitrogens is 2. The summed E-state index contributed by atoms with van der Waals surface area (Å²) in [7, 11) is 0. The van der Waals surface area contributed by atoms with Gasteiger partial charge in [0, 0.05) is 0 Å². The molecule has 2 N–H and O–H groups in total. The van der Waals surface area contributed by atoms with Crippen molar-refractivity contribution in [3.63, 3.8) is 0 Å². The highest BCUT2D eigenvalue weighted by Gasteiger charge is 2.16. The lowest BCUT2D eigenvalue weighted by Crippen LogP contribution is -2.27. The van der Waals surface area contributed by atoms with Crippen LogP contribution in [0.2, 0.25) is 0 Å². The normalized spacial score (nSPS) is 12.5. The second-order valence-electron chi connectivity index (χ2n) is 6.53. The molecule has 0 fully saturated rings. The van der Waals surface area contributed by atoms with Gasteiger partial charge in [-0.05, 0) is 36.8 Å². The van der Waals surface area contributed by atoms with Crippen molar-refractivity contribution in [1.82, 2.24) is 9.13 Å². The molecule has 0 saturated heterocycles. The monoisotopic (exact) mass is 347 g/mol. The van der Waals surface area contributed by atoms with Crippen LogP contribution in [0.4, 0.5) is 0 Å². The number of fused-ring (bicyclic) bond motifs is 1. The number of aliphatic hydroxyl groups excluding tert-OH is 1. The van der Waals surface area contributed by atoms with Crippen LogP contribution in [0.3, 0.4) is 0 Å². The molecule has 26 heavy (non-hydrogen) atoms. The third kappa shape index (κ3) is 2.97. The summed E-state index contributed by atoms with van der Waals surface area (Å²) in [5.74, 6) is 0.507. The van der Waals surface area contributed by atoms with E-state index in [0.29, 0.717) is 17.9 Å². The van der Waals surface area contributed by atoms with E-state index in [0.717, 1.165) is 16.6 Å². The highest BCUT2D eigenvalue weighted by atomic mass is 16.4. The summed E-state index contributed by atoms with van der Waals surface area (Å²) in [6.45, 7) is 2.95. The topological polar surface area (TPSA) is 67.1 Å². The molecule has 0 radical (unpaired) electrons. The fraction of sp³-hybridized carbons (Fsp3) is 0.190. The number of rotatable bonds is 5. The SMILES string of the molecule is Cc1ccc(Cn2c(=N)n(C[C@H](O)c3ccco3)c3ccccc32)cc1. The van der Waals surface area contributed by atoms with Crippen LogP contribution < -0.4 is 5.62 Å². The summed E-state index contributed by atoms with van der Waals surface area (Å²) in [6.07, 6.45) is 0.753. The Labute approximate surface area is 151 Å². The Balaban J connectivity index is 1.75. The highest BCUT2D eigenvalue weighted by Crippen LogP contribution is 2.19. The molecule has 5 nitrogen and oxygen atoms in total. The second-order valence-corrected chi connectivity index (χ2v) is 6.53. The summed E-state index contributed by atoms with van der Waals surface area (Å²) in [6, 6.07) is 19.8. The van der Waals surface area contributed by atoms with Gasteiger partial charge in [-0.3, -0.25) is 5.41 Å². The minimum Gasteiger partial charge on any atom is -0.467 e. The number of hydrogen-bond donors (Lipinski definition) is 2. The summed E-state index contributed by atoms with van der Waals surface area (Å²) >= 11 is 0. The van der Waals surface area contributed by atoms with Gasteiger partial charge >= 0.3 is 0 Å². The molecule has 0 unspecified atom stereocenters. The Morgan fingerprint density at radius 1 is 0.962 bits per heavy atom. The fourth-order valence-corrected chi connectivity index (χ4v) is 3.26. The lowest BCUT2D eigenvalue weighted by molar-refractivity contribution is 0.130. The van der Waals surface area contributed by atoms with Crippen LogP contribution >= 0.6 is 0 Å². The summed E-state index contributed by atoms with van der Waals surface area (Å²) < 4.78 is 9.10. The summed E-state index contributed by atoms with van der Waals surface area (Å²) in [5, 5.41) is 19.1. The Hall–Kier alpha value is -3.05. The average Bonchev–Trinajstić information content (AvgIpc) is 3.27. The van der Waals surface area contributed by atoms with E-state index in [4.69, 9.17) is 9.83 Å². The third-order valence-electron chi connectivity index (χ3n) is 4.66. The van der Waals surface area contributed by atoms with Crippen molar-refractivity contribution in [1.29, 1.82) is 5.41 Å². The zero-order chi connectivity index (χ0) is 18.1. The first-order valence-corrected chi connectivity index (χ1v) is 8.63. The van der Waals surface area contributed by atoms with Crippen molar-refractivity contribution in [2.45, 2.75) is 26.1 Å². The van der Waals surface area contributed by atoms with Crippen LogP contribution in [0.15, 0.2) is 71.3 Å². The maximum Gasteiger partial charge on any atom is 0.203 e. The molecule has 0 aliphatic carbocycles. The van der Waals surface area contributed by atoms with Gasteiger partial charge in [0.25, 0.3) is 0 Å². The van der Waals surface area contributed by atoms with E-state index in [2.05, 4.69) is 31.2 Å². The van der Waals surface area contributed by atoms with Gasteiger partial charge in [0.1, 0.15) is 11.9 Å². The first-order valence-electron chi connectivity index (χ1n) is 8.63. The Kier molecular flexibility index (Phi) is 4.22. The molecule has 0 aliphatic rings. The number of para-hydroxylation sites is 2. The number of furan rings is 1. The van der Waals surface area contributed by atoms with Crippen LogP contribution in [0.5, 0.6) is 0 Å². The van der Waals surface area contributed by atoms with E-state index >= 15 is 0 Å². The molecule has 1 atom stereocenters. The van der Waals surface area contributed by atoms with Crippen molar-refractivity contribution in [3.05, 3.63) is 89.4 Å². The first-order chi connectivity index (χ1) is 12.6. The first kappa shape index (κ1) is 16.4. The van der Waals surface area contributed by atoms with Gasteiger partial charge in [-0.2, -0.15) is 0 Å². The minimum atomic E-state index is -0.794. The smallest absolute Gasteiger partial charge is 0.203 e. The number of benzene rings is 2. The van der Waals surface area contributed by atoms with Crippen molar-refractivity contribution in [3.8, 4) is 0 Å². The van der Waals surface area contributed by atoms with Crippen molar-refractivity contribution in [2.75, 3.05) is 0 Å². The second kappa shape index (κ2) is 6.69. The van der Waals surface area contributed by atoms with Crippen molar-refractivity contribution < 1.29 is 9.52 Å². The molecule has 2 heterocycles. The third-order valence-corrected chi connectivity index (χ3v) is 4.66. The van der Waals surface area contributed by atoms with Crippen LogP contribution in [0.1, 0.15) is 23.0 Å². The lowest BCUT2D eigenvalue weighted by Gasteiger charge is -2.10. The molecule has 0 amide bonds. The fourth-order valence-electron chi connectivity index (χ4n) is 3.26.